The van der Waals surface area contributed by atoms with Gasteiger partial charge in [0.15, 0.2) is 4.80 Å². The average Bonchev–Trinajstić information content (AvgIpc) is 2.99. The predicted molar refractivity (Wildman–Crippen MR) is 109 cm³/mol. The lowest BCUT2D eigenvalue weighted by Gasteiger charge is -2.02. The molecule has 136 valence electrons. The van der Waals surface area contributed by atoms with Gasteiger partial charge in [-0.3, -0.25) is 4.79 Å². The van der Waals surface area contributed by atoms with Crippen LogP contribution in [-0.4, -0.2) is 23.3 Å². The van der Waals surface area contributed by atoms with Gasteiger partial charge in [0.2, 0.25) is 5.91 Å². The third-order valence-corrected chi connectivity index (χ3v) is 6.09. The van der Waals surface area contributed by atoms with Crippen LogP contribution in [0.4, 0.5) is 0 Å². The van der Waals surface area contributed by atoms with Gasteiger partial charge in [0.05, 0.1) is 17.3 Å². The van der Waals surface area contributed by atoms with Crippen LogP contribution >= 0.6 is 23.1 Å². The summed E-state index contributed by atoms with van der Waals surface area (Å²) in [6.45, 7) is 4.91. The van der Waals surface area contributed by atoms with Crippen molar-refractivity contribution >= 4 is 39.2 Å². The number of carbonyl (C=O) groups is 1. The van der Waals surface area contributed by atoms with Crippen LogP contribution in [0.1, 0.15) is 18.9 Å². The fourth-order valence-electron chi connectivity index (χ4n) is 2.62. The largest absolute Gasteiger partial charge is 0.497 e. The first kappa shape index (κ1) is 18.7. The number of benzene rings is 2. The summed E-state index contributed by atoms with van der Waals surface area (Å²) in [5.74, 6) is 1.47. The molecule has 1 aromatic heterocycles. The molecule has 0 fully saturated rings. The number of carbonyl (C=O) groups excluding carboxylic acids is 1. The third kappa shape index (κ3) is 4.37. The Hall–Kier alpha value is -2.05. The van der Waals surface area contributed by atoms with Gasteiger partial charge < -0.3 is 9.30 Å². The fourth-order valence-corrected chi connectivity index (χ4v) is 4.61. The molecule has 1 amide bonds. The lowest BCUT2D eigenvalue weighted by atomic mass is 10.2. The number of thiazole rings is 1. The molecule has 0 saturated carbocycles. The van der Waals surface area contributed by atoms with Crippen LogP contribution in [0.2, 0.25) is 0 Å². The first-order valence-electron chi connectivity index (χ1n) is 8.55. The van der Waals surface area contributed by atoms with Gasteiger partial charge in [-0.05, 0) is 44.2 Å². The van der Waals surface area contributed by atoms with Crippen LogP contribution in [0.15, 0.2) is 52.4 Å². The van der Waals surface area contributed by atoms with Crippen molar-refractivity contribution < 1.29 is 9.53 Å². The Morgan fingerprint density at radius 2 is 2.00 bits per heavy atom. The molecule has 0 atom stereocenters. The fraction of sp³-hybridized carbons (Fsp3) is 0.300. The molecule has 1 heterocycles. The number of thioether (sulfide) groups is 1. The molecule has 0 aliphatic carbocycles. The van der Waals surface area contributed by atoms with Crippen LogP contribution in [0.3, 0.4) is 0 Å². The summed E-state index contributed by atoms with van der Waals surface area (Å²) >= 11 is 3.21. The van der Waals surface area contributed by atoms with Gasteiger partial charge in [-0.15, -0.1) is 11.8 Å². The van der Waals surface area contributed by atoms with E-state index < -0.39 is 0 Å². The molecule has 0 bridgehead atoms. The van der Waals surface area contributed by atoms with Crippen molar-refractivity contribution in [1.82, 2.24) is 4.57 Å². The number of hydrogen-bond donors (Lipinski definition) is 0. The van der Waals surface area contributed by atoms with Crippen LogP contribution in [0, 0.1) is 6.92 Å². The van der Waals surface area contributed by atoms with Crippen molar-refractivity contribution in [3.63, 3.8) is 0 Å². The van der Waals surface area contributed by atoms with Crippen LogP contribution in [-0.2, 0) is 11.3 Å². The van der Waals surface area contributed by atoms with E-state index in [0.717, 1.165) is 33.1 Å². The van der Waals surface area contributed by atoms with Crippen molar-refractivity contribution in [1.29, 1.82) is 0 Å². The number of ether oxygens (including phenoxy) is 1. The van der Waals surface area contributed by atoms with E-state index in [4.69, 9.17) is 4.74 Å². The van der Waals surface area contributed by atoms with Crippen molar-refractivity contribution in [3.8, 4) is 5.75 Å². The van der Waals surface area contributed by atoms with E-state index in [1.807, 2.05) is 18.2 Å². The SMILES string of the molecule is CCn1c(=NC(=O)CCSc2ccc(C)cc2)sc2cc(OC)ccc21. The van der Waals surface area contributed by atoms with Crippen molar-refractivity contribution in [3.05, 3.63) is 52.8 Å². The van der Waals surface area contributed by atoms with Gasteiger partial charge in [0.1, 0.15) is 5.75 Å². The van der Waals surface area contributed by atoms with E-state index >= 15 is 0 Å². The zero-order valence-electron chi connectivity index (χ0n) is 15.2. The number of amides is 1. The Balaban J connectivity index is 1.73. The minimum atomic E-state index is -0.0784. The maximum absolute atomic E-state index is 12.3. The Morgan fingerprint density at radius 3 is 2.69 bits per heavy atom. The topological polar surface area (TPSA) is 43.6 Å². The third-order valence-electron chi connectivity index (χ3n) is 4.03. The number of methoxy groups -OCH3 is 1. The molecule has 4 nitrogen and oxygen atoms in total. The molecular formula is C20H22N2O2S2. The summed E-state index contributed by atoms with van der Waals surface area (Å²) < 4.78 is 8.44. The van der Waals surface area contributed by atoms with E-state index in [2.05, 4.69) is 47.7 Å². The number of fused-ring (bicyclic) bond motifs is 1. The van der Waals surface area contributed by atoms with Crippen molar-refractivity contribution in [2.45, 2.75) is 31.7 Å². The van der Waals surface area contributed by atoms with E-state index in [1.165, 1.54) is 21.8 Å². The highest BCUT2D eigenvalue weighted by Gasteiger charge is 2.08. The van der Waals surface area contributed by atoms with Gasteiger partial charge in [-0.25, -0.2) is 0 Å². The normalized spacial score (nSPS) is 11.9. The molecule has 6 heteroatoms. The van der Waals surface area contributed by atoms with Gasteiger partial charge in [0.25, 0.3) is 0 Å². The standard InChI is InChI=1S/C20H22N2O2S2/c1-4-22-17-10-7-15(24-3)13-18(17)26-20(22)21-19(23)11-12-25-16-8-5-14(2)6-9-16/h5-10,13H,4,11-12H2,1-3H3. The lowest BCUT2D eigenvalue weighted by Crippen LogP contribution is -2.15. The summed E-state index contributed by atoms with van der Waals surface area (Å²) in [5, 5.41) is 0. The molecule has 0 saturated heterocycles. The Morgan fingerprint density at radius 1 is 1.23 bits per heavy atom. The first-order chi connectivity index (χ1) is 12.6. The lowest BCUT2D eigenvalue weighted by molar-refractivity contribution is -0.117. The molecule has 0 radical (unpaired) electrons. The second-order valence-corrected chi connectivity index (χ2v) is 8.06. The van der Waals surface area contributed by atoms with E-state index in [0.29, 0.717) is 6.42 Å². The van der Waals surface area contributed by atoms with Crippen LogP contribution in [0.25, 0.3) is 10.2 Å². The van der Waals surface area contributed by atoms with E-state index in [-0.39, 0.29) is 5.91 Å². The van der Waals surface area contributed by atoms with Gasteiger partial charge in [0, 0.05) is 23.6 Å². The summed E-state index contributed by atoms with van der Waals surface area (Å²) in [5.41, 5.74) is 2.32. The minimum Gasteiger partial charge on any atom is -0.497 e. The highest BCUT2D eigenvalue weighted by atomic mass is 32.2. The predicted octanol–water partition coefficient (Wildman–Crippen LogP) is 4.65. The second-order valence-electron chi connectivity index (χ2n) is 5.88. The molecule has 26 heavy (non-hydrogen) atoms. The number of nitrogens with zero attached hydrogens (tertiary/aromatic N) is 2. The monoisotopic (exact) mass is 386 g/mol. The highest BCUT2D eigenvalue weighted by Crippen LogP contribution is 2.23. The summed E-state index contributed by atoms with van der Waals surface area (Å²) in [6, 6.07) is 14.3. The smallest absolute Gasteiger partial charge is 0.249 e. The molecule has 2 aromatic carbocycles. The van der Waals surface area contributed by atoms with Gasteiger partial charge in [-0.1, -0.05) is 29.0 Å². The van der Waals surface area contributed by atoms with Gasteiger partial charge >= 0.3 is 0 Å². The average molecular weight is 387 g/mol. The molecule has 0 aliphatic heterocycles. The first-order valence-corrected chi connectivity index (χ1v) is 10.4. The van der Waals surface area contributed by atoms with Crippen LogP contribution < -0.4 is 9.54 Å². The number of rotatable bonds is 6. The number of hydrogen-bond acceptors (Lipinski definition) is 4. The molecule has 0 spiro atoms. The summed E-state index contributed by atoms with van der Waals surface area (Å²) in [4.78, 5) is 18.6. The van der Waals surface area contributed by atoms with E-state index in [9.17, 15) is 4.79 Å². The molecule has 0 unspecified atom stereocenters. The maximum atomic E-state index is 12.3. The minimum absolute atomic E-state index is 0.0784. The quantitative estimate of drug-likeness (QED) is 0.579. The van der Waals surface area contributed by atoms with Crippen LogP contribution in [0.5, 0.6) is 5.75 Å². The summed E-state index contributed by atoms with van der Waals surface area (Å²) in [7, 11) is 1.66. The molecule has 0 N–H and O–H groups in total. The molecular weight excluding hydrogens is 364 g/mol. The van der Waals surface area contributed by atoms with Crippen molar-refractivity contribution in [2.24, 2.45) is 4.99 Å². The Kier molecular flexibility index (Phi) is 6.16. The molecule has 0 aliphatic rings. The zero-order valence-corrected chi connectivity index (χ0v) is 16.8. The highest BCUT2D eigenvalue weighted by molar-refractivity contribution is 7.99. The van der Waals surface area contributed by atoms with E-state index in [1.54, 1.807) is 18.9 Å². The van der Waals surface area contributed by atoms with Gasteiger partial charge in [-0.2, -0.15) is 4.99 Å². The number of aromatic nitrogens is 1. The van der Waals surface area contributed by atoms with Crippen molar-refractivity contribution in [2.75, 3.05) is 12.9 Å². The maximum Gasteiger partial charge on any atom is 0.249 e. The molecule has 3 aromatic rings. The molecule has 3 rings (SSSR count). The Bertz CT molecular complexity index is 972. The Labute approximate surface area is 161 Å². The summed E-state index contributed by atoms with van der Waals surface area (Å²) in [6.07, 6.45) is 0.430. The number of aryl methyl sites for hydroxylation is 2. The second kappa shape index (κ2) is 8.56. The zero-order chi connectivity index (χ0) is 18.5.